The molecular formula is C16H27NO4. The zero-order chi connectivity index (χ0) is 16.0. The SMILES string of the molecule is COc1cc(OC)c([C@@H](N)[C@@H](O)CCC(C)C)cc1OC. The Morgan fingerprint density at radius 3 is 1.95 bits per heavy atom. The maximum Gasteiger partial charge on any atom is 0.164 e. The molecule has 0 heterocycles. The summed E-state index contributed by atoms with van der Waals surface area (Å²) in [6.45, 7) is 4.24. The Morgan fingerprint density at radius 1 is 0.952 bits per heavy atom. The second kappa shape index (κ2) is 8.10. The van der Waals surface area contributed by atoms with Crippen LogP contribution in [0.3, 0.4) is 0 Å². The van der Waals surface area contributed by atoms with Crippen molar-refractivity contribution < 1.29 is 19.3 Å². The third kappa shape index (κ3) is 4.51. The molecule has 21 heavy (non-hydrogen) atoms. The number of methoxy groups -OCH3 is 3. The van der Waals surface area contributed by atoms with E-state index in [0.29, 0.717) is 35.2 Å². The largest absolute Gasteiger partial charge is 0.496 e. The van der Waals surface area contributed by atoms with Crippen LogP contribution in [-0.2, 0) is 0 Å². The van der Waals surface area contributed by atoms with E-state index in [0.717, 1.165) is 6.42 Å². The van der Waals surface area contributed by atoms with Crippen molar-refractivity contribution >= 4 is 0 Å². The number of aliphatic hydroxyl groups excluding tert-OH is 1. The standard InChI is InChI=1S/C16H27NO4/c1-10(2)6-7-12(18)16(17)11-8-14(20-4)15(21-5)9-13(11)19-3/h8-10,12,16,18H,6-7,17H2,1-5H3/t12-,16+/m0/s1. The van der Waals surface area contributed by atoms with Crippen LogP contribution < -0.4 is 19.9 Å². The van der Waals surface area contributed by atoms with Crippen LogP contribution in [0.2, 0.25) is 0 Å². The minimum Gasteiger partial charge on any atom is -0.496 e. The van der Waals surface area contributed by atoms with Gasteiger partial charge in [0.15, 0.2) is 11.5 Å². The van der Waals surface area contributed by atoms with E-state index < -0.39 is 12.1 Å². The van der Waals surface area contributed by atoms with E-state index in [9.17, 15) is 5.11 Å². The molecule has 0 aliphatic carbocycles. The highest BCUT2D eigenvalue weighted by atomic mass is 16.5. The highest BCUT2D eigenvalue weighted by Gasteiger charge is 2.23. The molecule has 0 spiro atoms. The van der Waals surface area contributed by atoms with Crippen molar-refractivity contribution in [3.05, 3.63) is 17.7 Å². The number of rotatable bonds is 8. The number of ether oxygens (including phenoxy) is 3. The second-order valence-electron chi connectivity index (χ2n) is 5.51. The molecule has 5 nitrogen and oxygen atoms in total. The van der Waals surface area contributed by atoms with Gasteiger partial charge in [-0.3, -0.25) is 0 Å². The summed E-state index contributed by atoms with van der Waals surface area (Å²) >= 11 is 0. The van der Waals surface area contributed by atoms with Crippen LogP contribution >= 0.6 is 0 Å². The summed E-state index contributed by atoms with van der Waals surface area (Å²) in [7, 11) is 4.70. The molecule has 5 heteroatoms. The Kier molecular flexibility index (Phi) is 6.78. The molecule has 0 unspecified atom stereocenters. The maximum atomic E-state index is 10.3. The van der Waals surface area contributed by atoms with Gasteiger partial charge in [-0.15, -0.1) is 0 Å². The summed E-state index contributed by atoms with van der Waals surface area (Å²) < 4.78 is 15.9. The monoisotopic (exact) mass is 297 g/mol. The lowest BCUT2D eigenvalue weighted by molar-refractivity contribution is 0.127. The third-order valence-electron chi connectivity index (χ3n) is 3.55. The molecule has 0 aliphatic rings. The lowest BCUT2D eigenvalue weighted by Crippen LogP contribution is -2.27. The third-order valence-corrected chi connectivity index (χ3v) is 3.55. The molecule has 0 saturated carbocycles. The first-order chi connectivity index (χ1) is 9.94. The van der Waals surface area contributed by atoms with Crippen molar-refractivity contribution in [1.82, 2.24) is 0 Å². The van der Waals surface area contributed by atoms with Crippen LogP contribution in [0.25, 0.3) is 0 Å². The van der Waals surface area contributed by atoms with E-state index in [1.807, 2.05) is 0 Å². The Labute approximate surface area is 127 Å². The Bertz CT molecular complexity index is 448. The Morgan fingerprint density at radius 2 is 1.48 bits per heavy atom. The molecule has 3 N–H and O–H groups in total. The van der Waals surface area contributed by atoms with Gasteiger partial charge < -0.3 is 25.1 Å². The summed E-state index contributed by atoms with van der Waals surface area (Å²) in [4.78, 5) is 0. The predicted molar refractivity (Wildman–Crippen MR) is 83.1 cm³/mol. The molecule has 0 amide bonds. The maximum absolute atomic E-state index is 10.3. The molecule has 0 aromatic heterocycles. The van der Waals surface area contributed by atoms with Gasteiger partial charge in [-0.25, -0.2) is 0 Å². The van der Waals surface area contributed by atoms with Gasteiger partial charge in [0.05, 0.1) is 33.5 Å². The van der Waals surface area contributed by atoms with Crippen LogP contribution in [0.1, 0.15) is 38.3 Å². The molecule has 2 atom stereocenters. The zero-order valence-corrected chi connectivity index (χ0v) is 13.6. The number of nitrogens with two attached hydrogens (primary N) is 1. The summed E-state index contributed by atoms with van der Waals surface area (Å²) in [5.41, 5.74) is 6.90. The van der Waals surface area contributed by atoms with Crippen LogP contribution in [0.15, 0.2) is 12.1 Å². The minimum absolute atomic E-state index is 0.527. The molecule has 120 valence electrons. The predicted octanol–water partition coefficient (Wildman–Crippen LogP) is 2.51. The lowest BCUT2D eigenvalue weighted by Gasteiger charge is -2.23. The topological polar surface area (TPSA) is 73.9 Å². The average Bonchev–Trinajstić information content (AvgIpc) is 2.50. The first-order valence-corrected chi connectivity index (χ1v) is 7.18. The van der Waals surface area contributed by atoms with Crippen molar-refractivity contribution in [1.29, 1.82) is 0 Å². The van der Waals surface area contributed by atoms with Crippen LogP contribution in [-0.4, -0.2) is 32.5 Å². The first-order valence-electron chi connectivity index (χ1n) is 7.18. The molecule has 0 radical (unpaired) electrons. The van der Waals surface area contributed by atoms with Gasteiger partial charge in [0.25, 0.3) is 0 Å². The second-order valence-corrected chi connectivity index (χ2v) is 5.51. The Balaban J connectivity index is 3.03. The van der Waals surface area contributed by atoms with Crippen molar-refractivity contribution in [3.63, 3.8) is 0 Å². The molecule has 1 aromatic carbocycles. The Hall–Kier alpha value is -1.46. The quantitative estimate of drug-likeness (QED) is 0.771. The molecule has 0 saturated heterocycles. The van der Waals surface area contributed by atoms with Crippen molar-refractivity contribution in [2.24, 2.45) is 11.7 Å². The highest BCUT2D eigenvalue weighted by Crippen LogP contribution is 2.38. The van der Waals surface area contributed by atoms with Crippen LogP contribution in [0.4, 0.5) is 0 Å². The zero-order valence-electron chi connectivity index (χ0n) is 13.6. The fourth-order valence-electron chi connectivity index (χ4n) is 2.20. The summed E-state index contributed by atoms with van der Waals surface area (Å²) in [5.74, 6) is 2.25. The van der Waals surface area contributed by atoms with Gasteiger partial charge in [-0.1, -0.05) is 13.8 Å². The van der Waals surface area contributed by atoms with Crippen LogP contribution in [0.5, 0.6) is 17.2 Å². The van der Waals surface area contributed by atoms with Gasteiger partial charge in [0.2, 0.25) is 0 Å². The van der Waals surface area contributed by atoms with E-state index >= 15 is 0 Å². The van der Waals surface area contributed by atoms with Gasteiger partial charge in [-0.2, -0.15) is 0 Å². The summed E-state index contributed by atoms with van der Waals surface area (Å²) in [5, 5.41) is 10.3. The highest BCUT2D eigenvalue weighted by molar-refractivity contribution is 5.52. The van der Waals surface area contributed by atoms with E-state index in [4.69, 9.17) is 19.9 Å². The van der Waals surface area contributed by atoms with Crippen molar-refractivity contribution in [3.8, 4) is 17.2 Å². The molecule has 0 fully saturated rings. The van der Waals surface area contributed by atoms with E-state index in [2.05, 4.69) is 13.8 Å². The van der Waals surface area contributed by atoms with E-state index in [1.165, 1.54) is 0 Å². The summed E-state index contributed by atoms with van der Waals surface area (Å²) in [6, 6.07) is 2.96. The van der Waals surface area contributed by atoms with Gasteiger partial charge in [-0.05, 0) is 24.8 Å². The van der Waals surface area contributed by atoms with E-state index in [-0.39, 0.29) is 0 Å². The van der Waals surface area contributed by atoms with Crippen molar-refractivity contribution in [2.45, 2.75) is 38.8 Å². The molecular weight excluding hydrogens is 270 g/mol. The molecule has 0 aliphatic heterocycles. The number of hydrogen-bond acceptors (Lipinski definition) is 5. The fraction of sp³-hybridized carbons (Fsp3) is 0.625. The lowest BCUT2D eigenvalue weighted by atomic mass is 9.95. The number of hydrogen-bond donors (Lipinski definition) is 2. The number of benzene rings is 1. The average molecular weight is 297 g/mol. The van der Waals surface area contributed by atoms with Crippen molar-refractivity contribution in [2.75, 3.05) is 21.3 Å². The summed E-state index contributed by atoms with van der Waals surface area (Å²) in [6.07, 6.45) is 0.945. The minimum atomic E-state index is -0.626. The van der Waals surface area contributed by atoms with E-state index in [1.54, 1.807) is 33.5 Å². The first kappa shape index (κ1) is 17.6. The molecule has 1 rings (SSSR count). The van der Waals surface area contributed by atoms with Crippen LogP contribution in [0, 0.1) is 5.92 Å². The van der Waals surface area contributed by atoms with Gasteiger partial charge in [0.1, 0.15) is 5.75 Å². The fourth-order valence-corrected chi connectivity index (χ4v) is 2.20. The smallest absolute Gasteiger partial charge is 0.164 e. The number of aliphatic hydroxyl groups is 1. The molecule has 0 bridgehead atoms. The molecule has 1 aromatic rings. The normalized spacial score (nSPS) is 13.9. The van der Waals surface area contributed by atoms with Gasteiger partial charge >= 0.3 is 0 Å². The van der Waals surface area contributed by atoms with Gasteiger partial charge in [0, 0.05) is 11.6 Å².